The Morgan fingerprint density at radius 2 is 1.25 bits per heavy atom. The second-order valence-electron chi connectivity index (χ2n) is 3.29. The van der Waals surface area contributed by atoms with E-state index in [0.29, 0.717) is 6.42 Å². The molecule has 1 rings (SSSR count). The van der Waals surface area contributed by atoms with E-state index in [4.69, 9.17) is 0 Å². The molecule has 0 spiro atoms. The van der Waals surface area contributed by atoms with E-state index < -0.39 is 40.8 Å². The Kier molecular flexibility index (Phi) is 3.85. The van der Waals surface area contributed by atoms with Gasteiger partial charge in [-0.3, -0.25) is 0 Å². The zero-order chi connectivity index (χ0) is 12.5. The summed E-state index contributed by atoms with van der Waals surface area (Å²) in [7, 11) is 0. The second-order valence-corrected chi connectivity index (χ2v) is 3.29. The highest BCUT2D eigenvalue weighted by atomic mass is 19.2. The van der Waals surface area contributed by atoms with Gasteiger partial charge in [0, 0.05) is 0 Å². The summed E-state index contributed by atoms with van der Waals surface area (Å²) < 4.78 is 64.3. The lowest BCUT2D eigenvalue weighted by molar-refractivity contribution is 0.152. The van der Waals surface area contributed by atoms with Gasteiger partial charge in [-0.25, -0.2) is 22.0 Å². The minimum Gasteiger partial charge on any atom is -0.388 e. The minimum atomic E-state index is -2.22. The summed E-state index contributed by atoms with van der Waals surface area (Å²) in [6.45, 7) is 1.61. The van der Waals surface area contributed by atoms with E-state index in [0.717, 1.165) is 0 Å². The van der Waals surface area contributed by atoms with Crippen molar-refractivity contribution in [1.29, 1.82) is 0 Å². The lowest BCUT2D eigenvalue weighted by Gasteiger charge is -2.13. The molecular formula is C10H9F5O. The summed E-state index contributed by atoms with van der Waals surface area (Å²) in [5, 5.41) is 9.29. The number of benzene rings is 1. The molecule has 1 aromatic carbocycles. The monoisotopic (exact) mass is 240 g/mol. The topological polar surface area (TPSA) is 20.2 Å². The summed E-state index contributed by atoms with van der Waals surface area (Å²) in [4.78, 5) is 0. The predicted molar refractivity (Wildman–Crippen MR) is 46.1 cm³/mol. The Labute approximate surface area is 88.5 Å². The molecule has 1 aromatic rings. The SMILES string of the molecule is CCCC(O)c1c(F)c(F)c(F)c(F)c1F. The van der Waals surface area contributed by atoms with Crippen LogP contribution in [0.2, 0.25) is 0 Å². The van der Waals surface area contributed by atoms with Crippen LogP contribution in [-0.4, -0.2) is 5.11 Å². The van der Waals surface area contributed by atoms with Crippen LogP contribution in [0.3, 0.4) is 0 Å². The third kappa shape index (κ3) is 2.02. The molecule has 0 saturated carbocycles. The van der Waals surface area contributed by atoms with Crippen LogP contribution in [0, 0.1) is 29.1 Å². The highest BCUT2D eigenvalue weighted by Crippen LogP contribution is 2.29. The molecule has 0 fully saturated rings. The lowest BCUT2D eigenvalue weighted by Crippen LogP contribution is -2.11. The number of hydrogen-bond donors (Lipinski definition) is 1. The number of rotatable bonds is 3. The van der Waals surface area contributed by atoms with Gasteiger partial charge in [-0.15, -0.1) is 0 Å². The van der Waals surface area contributed by atoms with E-state index in [9.17, 15) is 27.1 Å². The van der Waals surface area contributed by atoms with E-state index in [1.54, 1.807) is 6.92 Å². The van der Waals surface area contributed by atoms with Crippen molar-refractivity contribution in [2.75, 3.05) is 0 Å². The highest BCUT2D eigenvalue weighted by molar-refractivity contribution is 5.25. The standard InChI is InChI=1S/C10H9F5O/c1-2-3-4(16)5-6(11)8(13)10(15)9(14)7(5)12/h4,16H,2-3H2,1H3. The smallest absolute Gasteiger partial charge is 0.200 e. The van der Waals surface area contributed by atoms with Crippen LogP contribution in [0.4, 0.5) is 22.0 Å². The molecule has 16 heavy (non-hydrogen) atoms. The van der Waals surface area contributed by atoms with Crippen LogP contribution in [0.15, 0.2) is 0 Å². The van der Waals surface area contributed by atoms with Crippen LogP contribution >= 0.6 is 0 Å². The van der Waals surface area contributed by atoms with Gasteiger partial charge >= 0.3 is 0 Å². The lowest BCUT2D eigenvalue weighted by atomic mass is 10.0. The molecule has 0 bridgehead atoms. The average molecular weight is 240 g/mol. The van der Waals surface area contributed by atoms with Crippen LogP contribution in [0.1, 0.15) is 31.4 Å². The number of halogens is 5. The summed E-state index contributed by atoms with van der Waals surface area (Å²) in [5.74, 6) is -10.2. The third-order valence-electron chi connectivity index (χ3n) is 2.14. The van der Waals surface area contributed by atoms with Crippen LogP contribution in [-0.2, 0) is 0 Å². The molecule has 0 radical (unpaired) electrons. The van der Waals surface area contributed by atoms with Gasteiger partial charge in [-0.1, -0.05) is 13.3 Å². The Balaban J connectivity index is 3.39. The van der Waals surface area contributed by atoms with E-state index >= 15 is 0 Å². The number of aliphatic hydroxyl groups is 1. The summed E-state index contributed by atoms with van der Waals surface area (Å²) in [6, 6.07) is 0. The predicted octanol–water partition coefficient (Wildman–Crippen LogP) is 3.22. The fraction of sp³-hybridized carbons (Fsp3) is 0.400. The molecule has 0 aliphatic rings. The fourth-order valence-electron chi connectivity index (χ4n) is 1.33. The van der Waals surface area contributed by atoms with Crippen molar-refractivity contribution >= 4 is 0 Å². The van der Waals surface area contributed by atoms with Crippen molar-refractivity contribution in [1.82, 2.24) is 0 Å². The Hall–Kier alpha value is -1.17. The van der Waals surface area contributed by atoms with Gasteiger partial charge in [0.2, 0.25) is 5.82 Å². The first-order valence-corrected chi connectivity index (χ1v) is 4.61. The Bertz CT molecular complexity index is 376. The quantitative estimate of drug-likeness (QED) is 0.488. The van der Waals surface area contributed by atoms with E-state index in [2.05, 4.69) is 0 Å². The molecule has 0 aliphatic heterocycles. The molecule has 1 N–H and O–H groups in total. The maximum Gasteiger partial charge on any atom is 0.200 e. The highest BCUT2D eigenvalue weighted by Gasteiger charge is 2.28. The van der Waals surface area contributed by atoms with Crippen LogP contribution in [0.5, 0.6) is 0 Å². The molecule has 0 amide bonds. The van der Waals surface area contributed by atoms with Gasteiger partial charge in [0.25, 0.3) is 0 Å². The number of hydrogen-bond acceptors (Lipinski definition) is 1. The zero-order valence-electron chi connectivity index (χ0n) is 8.33. The maximum atomic E-state index is 13.1. The summed E-state index contributed by atoms with van der Waals surface area (Å²) >= 11 is 0. The molecule has 0 aromatic heterocycles. The van der Waals surface area contributed by atoms with Crippen molar-refractivity contribution in [3.8, 4) is 0 Å². The van der Waals surface area contributed by atoms with Crippen molar-refractivity contribution in [3.63, 3.8) is 0 Å². The van der Waals surface area contributed by atoms with Crippen molar-refractivity contribution in [3.05, 3.63) is 34.6 Å². The summed E-state index contributed by atoms with van der Waals surface area (Å²) in [6.07, 6.45) is -1.44. The second kappa shape index (κ2) is 4.78. The number of aliphatic hydroxyl groups excluding tert-OH is 1. The van der Waals surface area contributed by atoms with Gasteiger partial charge in [-0.2, -0.15) is 0 Å². The fourth-order valence-corrected chi connectivity index (χ4v) is 1.33. The average Bonchev–Trinajstić information content (AvgIpc) is 2.24. The molecular weight excluding hydrogens is 231 g/mol. The van der Waals surface area contributed by atoms with Crippen molar-refractivity contribution in [2.24, 2.45) is 0 Å². The minimum absolute atomic E-state index is 0.0850. The zero-order valence-corrected chi connectivity index (χ0v) is 8.33. The van der Waals surface area contributed by atoms with Gasteiger partial charge in [0.05, 0.1) is 11.7 Å². The first-order valence-electron chi connectivity index (χ1n) is 4.61. The van der Waals surface area contributed by atoms with Crippen LogP contribution in [0.25, 0.3) is 0 Å². The van der Waals surface area contributed by atoms with E-state index in [-0.39, 0.29) is 6.42 Å². The molecule has 90 valence electrons. The maximum absolute atomic E-state index is 13.1. The van der Waals surface area contributed by atoms with Crippen molar-refractivity contribution in [2.45, 2.75) is 25.9 Å². The van der Waals surface area contributed by atoms with E-state index in [1.807, 2.05) is 0 Å². The van der Waals surface area contributed by atoms with Gasteiger partial charge in [0.15, 0.2) is 23.3 Å². The largest absolute Gasteiger partial charge is 0.388 e. The molecule has 6 heteroatoms. The van der Waals surface area contributed by atoms with Crippen molar-refractivity contribution < 1.29 is 27.1 Å². The first-order chi connectivity index (χ1) is 7.41. The van der Waals surface area contributed by atoms with E-state index in [1.165, 1.54) is 0 Å². The molecule has 1 nitrogen and oxygen atoms in total. The molecule has 1 atom stereocenters. The molecule has 0 saturated heterocycles. The van der Waals surface area contributed by atoms with Gasteiger partial charge < -0.3 is 5.11 Å². The van der Waals surface area contributed by atoms with Crippen LogP contribution < -0.4 is 0 Å². The summed E-state index contributed by atoms with van der Waals surface area (Å²) in [5.41, 5.74) is -1.17. The first kappa shape index (κ1) is 12.9. The van der Waals surface area contributed by atoms with Gasteiger partial charge in [0.1, 0.15) is 0 Å². The molecule has 0 aliphatic carbocycles. The molecule has 0 heterocycles. The Morgan fingerprint density at radius 3 is 1.62 bits per heavy atom. The normalized spacial score (nSPS) is 12.9. The van der Waals surface area contributed by atoms with Gasteiger partial charge in [-0.05, 0) is 6.42 Å². The third-order valence-corrected chi connectivity index (χ3v) is 2.14. The Morgan fingerprint density at radius 1 is 0.875 bits per heavy atom. The molecule has 1 unspecified atom stereocenters.